The minimum absolute atomic E-state index is 0.0217. The lowest BCUT2D eigenvalue weighted by Crippen LogP contribution is -2.32. The quantitative estimate of drug-likeness (QED) is 0.670. The Morgan fingerprint density at radius 1 is 1.19 bits per heavy atom. The highest BCUT2D eigenvalue weighted by atomic mass is 35.5. The number of aromatic nitrogens is 1. The van der Waals surface area contributed by atoms with Gasteiger partial charge in [-0.05, 0) is 42.0 Å². The Kier molecular flexibility index (Phi) is 5.13. The lowest BCUT2D eigenvalue weighted by Gasteiger charge is -2.09. The Morgan fingerprint density at radius 3 is 2.69 bits per heavy atom. The van der Waals surface area contributed by atoms with Crippen LogP contribution in [-0.4, -0.2) is 26.4 Å². The van der Waals surface area contributed by atoms with Crippen molar-refractivity contribution in [2.24, 2.45) is 0 Å². The van der Waals surface area contributed by atoms with E-state index in [0.29, 0.717) is 11.3 Å². The van der Waals surface area contributed by atoms with E-state index in [4.69, 9.17) is 27.9 Å². The fourth-order valence-electron chi connectivity index (χ4n) is 2.53. The van der Waals surface area contributed by atoms with Crippen molar-refractivity contribution in [1.29, 1.82) is 0 Å². The summed E-state index contributed by atoms with van der Waals surface area (Å²) in [5.74, 6) is -0.0538. The smallest absolute Gasteiger partial charge is 0.265 e. The first-order chi connectivity index (χ1) is 12.3. The third-order valence-electron chi connectivity index (χ3n) is 3.76. The molecule has 0 aliphatic carbocycles. The molecular formula is C17H14Cl2N2O4S. The predicted molar refractivity (Wildman–Crippen MR) is 100 cm³/mol. The van der Waals surface area contributed by atoms with Crippen molar-refractivity contribution < 1.29 is 17.9 Å². The second-order valence-corrected chi connectivity index (χ2v) is 8.00. The van der Waals surface area contributed by atoms with Gasteiger partial charge < -0.3 is 9.72 Å². The number of halogens is 2. The molecule has 9 heteroatoms. The lowest BCUT2D eigenvalue weighted by atomic mass is 10.1. The number of H-pyrrole nitrogens is 1. The van der Waals surface area contributed by atoms with Gasteiger partial charge in [-0.25, -0.2) is 13.1 Å². The van der Waals surface area contributed by atoms with Crippen LogP contribution < -0.4 is 9.46 Å². The topological polar surface area (TPSA) is 88.3 Å². The summed E-state index contributed by atoms with van der Waals surface area (Å²) in [4.78, 5) is 15.1. The van der Waals surface area contributed by atoms with Crippen molar-refractivity contribution in [2.75, 3.05) is 7.11 Å². The van der Waals surface area contributed by atoms with E-state index in [1.165, 1.54) is 18.2 Å². The van der Waals surface area contributed by atoms with Crippen molar-refractivity contribution in [3.63, 3.8) is 0 Å². The molecule has 3 rings (SSSR count). The Balaban J connectivity index is 1.84. The summed E-state index contributed by atoms with van der Waals surface area (Å²) in [5.41, 5.74) is 1.46. The van der Waals surface area contributed by atoms with Gasteiger partial charge in [0.05, 0.1) is 18.6 Å². The summed E-state index contributed by atoms with van der Waals surface area (Å²) in [6, 6.07) is 9.39. The summed E-state index contributed by atoms with van der Waals surface area (Å²) >= 11 is 11.7. The second-order valence-electron chi connectivity index (χ2n) is 5.51. The Morgan fingerprint density at radius 2 is 1.96 bits per heavy atom. The average Bonchev–Trinajstić information content (AvgIpc) is 2.98. The average molecular weight is 413 g/mol. The zero-order valence-corrected chi connectivity index (χ0v) is 15.9. The fourth-order valence-corrected chi connectivity index (χ4v) is 4.28. The Bertz CT molecular complexity index is 1090. The number of benzene rings is 2. The molecule has 0 fully saturated rings. The highest BCUT2D eigenvalue weighted by Crippen LogP contribution is 2.26. The molecule has 6 nitrogen and oxygen atoms in total. The first-order valence-corrected chi connectivity index (χ1v) is 9.69. The van der Waals surface area contributed by atoms with Crippen LogP contribution in [0.2, 0.25) is 10.0 Å². The van der Waals surface area contributed by atoms with E-state index in [-0.39, 0.29) is 21.4 Å². The number of carbonyl (C=O) groups is 1. The molecule has 1 amide bonds. The molecule has 0 spiro atoms. The number of methoxy groups -OCH3 is 1. The van der Waals surface area contributed by atoms with E-state index >= 15 is 0 Å². The number of sulfonamides is 1. The minimum atomic E-state index is -4.13. The number of rotatable bonds is 5. The Hall–Kier alpha value is -2.22. The molecule has 0 bridgehead atoms. The number of amides is 1. The Labute approximate surface area is 160 Å². The molecule has 1 aromatic heterocycles. The van der Waals surface area contributed by atoms with Gasteiger partial charge in [0.1, 0.15) is 10.6 Å². The van der Waals surface area contributed by atoms with Crippen molar-refractivity contribution in [1.82, 2.24) is 9.71 Å². The second kappa shape index (κ2) is 7.19. The van der Waals surface area contributed by atoms with E-state index in [2.05, 4.69) is 4.98 Å². The van der Waals surface area contributed by atoms with Gasteiger partial charge in [-0.3, -0.25) is 4.79 Å². The predicted octanol–water partition coefficient (Wildman–Crippen LogP) is 3.53. The SMILES string of the molecule is COc1ccc2[nH]cc(CC(=O)NS(=O)(=O)c3cc(Cl)ccc3Cl)c2c1. The van der Waals surface area contributed by atoms with Crippen LogP contribution in [0, 0.1) is 0 Å². The normalized spacial score (nSPS) is 11.5. The molecule has 2 aromatic carbocycles. The highest BCUT2D eigenvalue weighted by Gasteiger charge is 2.22. The molecular weight excluding hydrogens is 399 g/mol. The maximum absolute atomic E-state index is 12.4. The van der Waals surface area contributed by atoms with Gasteiger partial charge in [-0.1, -0.05) is 23.2 Å². The van der Waals surface area contributed by atoms with E-state index < -0.39 is 15.9 Å². The molecule has 0 aliphatic heterocycles. The van der Waals surface area contributed by atoms with Crippen LogP contribution in [0.4, 0.5) is 0 Å². The van der Waals surface area contributed by atoms with Crippen LogP contribution in [0.5, 0.6) is 5.75 Å². The number of hydrogen-bond acceptors (Lipinski definition) is 4. The van der Waals surface area contributed by atoms with Gasteiger partial charge in [-0.15, -0.1) is 0 Å². The molecule has 2 N–H and O–H groups in total. The van der Waals surface area contributed by atoms with Crippen molar-refractivity contribution in [3.05, 3.63) is 58.2 Å². The van der Waals surface area contributed by atoms with E-state index in [1.807, 2.05) is 10.8 Å². The summed E-state index contributed by atoms with van der Waals surface area (Å²) in [5, 5.41) is 0.954. The third-order valence-corrected chi connectivity index (χ3v) is 5.85. The van der Waals surface area contributed by atoms with Gasteiger partial charge in [-0.2, -0.15) is 0 Å². The molecule has 136 valence electrons. The molecule has 26 heavy (non-hydrogen) atoms. The highest BCUT2D eigenvalue weighted by molar-refractivity contribution is 7.90. The summed E-state index contributed by atoms with van der Waals surface area (Å²) in [6.45, 7) is 0. The minimum Gasteiger partial charge on any atom is -0.497 e. The van der Waals surface area contributed by atoms with Crippen molar-refractivity contribution in [2.45, 2.75) is 11.3 Å². The standard InChI is InChI=1S/C17H14Cl2N2O4S/c1-25-12-3-5-15-13(8-12)10(9-20-15)6-17(22)21-26(23,24)16-7-11(18)2-4-14(16)19/h2-5,7-9,20H,6H2,1H3,(H,21,22). The van der Waals surface area contributed by atoms with E-state index in [9.17, 15) is 13.2 Å². The molecule has 0 aliphatic rings. The molecule has 0 saturated heterocycles. The molecule has 3 aromatic rings. The maximum Gasteiger partial charge on any atom is 0.265 e. The van der Waals surface area contributed by atoms with Crippen LogP contribution in [0.15, 0.2) is 47.5 Å². The molecule has 0 saturated carbocycles. The van der Waals surface area contributed by atoms with Gasteiger partial charge in [0.25, 0.3) is 10.0 Å². The number of ether oxygens (including phenoxy) is 1. The molecule has 0 unspecified atom stereocenters. The van der Waals surface area contributed by atoms with Crippen molar-refractivity contribution >= 4 is 50.0 Å². The van der Waals surface area contributed by atoms with Crippen LogP contribution >= 0.6 is 23.2 Å². The number of aromatic amines is 1. The first kappa shape index (κ1) is 18.6. The van der Waals surface area contributed by atoms with Crippen molar-refractivity contribution in [3.8, 4) is 5.75 Å². The number of carbonyl (C=O) groups excluding carboxylic acids is 1. The third kappa shape index (κ3) is 3.80. The summed E-state index contributed by atoms with van der Waals surface area (Å²) in [7, 11) is -2.59. The molecule has 0 atom stereocenters. The summed E-state index contributed by atoms with van der Waals surface area (Å²) < 4.78 is 32.0. The molecule has 0 radical (unpaired) electrons. The number of hydrogen-bond donors (Lipinski definition) is 2. The van der Waals surface area contributed by atoms with E-state index in [0.717, 1.165) is 10.9 Å². The van der Waals surface area contributed by atoms with Gasteiger partial charge >= 0.3 is 0 Å². The largest absolute Gasteiger partial charge is 0.497 e. The monoisotopic (exact) mass is 412 g/mol. The van der Waals surface area contributed by atoms with Crippen LogP contribution in [0.3, 0.4) is 0 Å². The zero-order chi connectivity index (χ0) is 18.9. The van der Waals surface area contributed by atoms with Gasteiger partial charge in [0.2, 0.25) is 5.91 Å². The van der Waals surface area contributed by atoms with E-state index in [1.54, 1.807) is 25.4 Å². The number of nitrogens with one attached hydrogen (secondary N) is 2. The van der Waals surface area contributed by atoms with Crippen LogP contribution in [-0.2, 0) is 21.2 Å². The van der Waals surface area contributed by atoms with Gasteiger partial charge in [0.15, 0.2) is 0 Å². The number of fused-ring (bicyclic) bond motifs is 1. The zero-order valence-electron chi connectivity index (χ0n) is 13.5. The van der Waals surface area contributed by atoms with Crippen LogP contribution in [0.1, 0.15) is 5.56 Å². The maximum atomic E-state index is 12.4. The summed E-state index contributed by atoms with van der Waals surface area (Å²) in [6.07, 6.45) is 1.52. The van der Waals surface area contributed by atoms with Crippen LogP contribution in [0.25, 0.3) is 10.9 Å². The fraction of sp³-hybridized carbons (Fsp3) is 0.118. The van der Waals surface area contributed by atoms with Gasteiger partial charge in [0, 0.05) is 22.1 Å². The lowest BCUT2D eigenvalue weighted by molar-refractivity contribution is -0.118. The molecule has 1 heterocycles. The first-order valence-electron chi connectivity index (χ1n) is 7.45.